The van der Waals surface area contributed by atoms with Gasteiger partial charge >= 0.3 is 0 Å². The van der Waals surface area contributed by atoms with Crippen molar-refractivity contribution in [2.45, 2.75) is 30.8 Å². The fourth-order valence-corrected chi connectivity index (χ4v) is 4.03. The Bertz CT molecular complexity index is 757. The molecule has 6 heteroatoms. The van der Waals surface area contributed by atoms with E-state index in [9.17, 15) is 9.90 Å². The number of ether oxygens (including phenoxy) is 2. The Morgan fingerprint density at radius 1 is 1.48 bits per heavy atom. The van der Waals surface area contributed by atoms with E-state index in [2.05, 4.69) is 4.99 Å². The van der Waals surface area contributed by atoms with Crippen LogP contribution >= 0.6 is 0 Å². The molecule has 120 valence electrons. The van der Waals surface area contributed by atoms with Crippen LogP contribution in [0.25, 0.3) is 0 Å². The molecule has 1 spiro atoms. The number of carbonyl (C=O) groups is 1. The number of phenols is 1. The van der Waals surface area contributed by atoms with Gasteiger partial charge in [0.1, 0.15) is 29.7 Å². The molecule has 1 saturated carbocycles. The van der Waals surface area contributed by atoms with Gasteiger partial charge in [-0.3, -0.25) is 0 Å². The molecule has 0 bridgehead atoms. The van der Waals surface area contributed by atoms with E-state index in [4.69, 9.17) is 9.47 Å². The third kappa shape index (κ3) is 1.84. The number of benzene rings is 1. The number of rotatable bonds is 1. The zero-order chi connectivity index (χ0) is 16.2. The highest BCUT2D eigenvalue weighted by atomic mass is 19.1. The Labute approximate surface area is 132 Å². The largest absolute Gasteiger partial charge is 0.508 e. The molecule has 5 nitrogen and oxygen atoms in total. The average Bonchev–Trinajstić information content (AvgIpc) is 2.81. The molecule has 3 unspecified atom stereocenters. The van der Waals surface area contributed by atoms with Crippen LogP contribution in [0.4, 0.5) is 10.1 Å². The number of methoxy groups -OCH3 is 1. The molecule has 2 heterocycles. The first-order valence-corrected chi connectivity index (χ1v) is 7.58. The molecule has 1 aliphatic carbocycles. The highest BCUT2D eigenvalue weighted by Gasteiger charge is 2.57. The van der Waals surface area contributed by atoms with Crippen LogP contribution in [0.3, 0.4) is 0 Å². The number of phenolic OH excluding ortho intramolecular Hbond substituents is 1. The average molecular weight is 317 g/mol. The van der Waals surface area contributed by atoms with Crippen LogP contribution in [0.1, 0.15) is 24.8 Å². The predicted octanol–water partition coefficient (Wildman–Crippen LogP) is 2.93. The van der Waals surface area contributed by atoms with Crippen molar-refractivity contribution in [1.82, 2.24) is 0 Å². The summed E-state index contributed by atoms with van der Waals surface area (Å²) in [5.41, 5.74) is -0.00570. The van der Waals surface area contributed by atoms with Gasteiger partial charge in [0.15, 0.2) is 0 Å². The first-order chi connectivity index (χ1) is 11.1. The van der Waals surface area contributed by atoms with E-state index in [0.717, 1.165) is 6.29 Å². The van der Waals surface area contributed by atoms with Gasteiger partial charge < -0.3 is 19.4 Å². The highest BCUT2D eigenvalue weighted by molar-refractivity contribution is 5.93. The van der Waals surface area contributed by atoms with Crippen molar-refractivity contribution in [2.24, 2.45) is 10.9 Å². The van der Waals surface area contributed by atoms with Crippen molar-refractivity contribution in [3.63, 3.8) is 0 Å². The molecule has 1 N–H and O–H groups in total. The van der Waals surface area contributed by atoms with Gasteiger partial charge in [0.05, 0.1) is 18.2 Å². The number of aldehydes is 1. The van der Waals surface area contributed by atoms with Gasteiger partial charge in [0.2, 0.25) is 5.90 Å². The fourth-order valence-electron chi connectivity index (χ4n) is 4.03. The Morgan fingerprint density at radius 2 is 2.30 bits per heavy atom. The summed E-state index contributed by atoms with van der Waals surface area (Å²) >= 11 is 0. The maximum atomic E-state index is 15.2. The second-order valence-electron chi connectivity index (χ2n) is 6.24. The lowest BCUT2D eigenvalue weighted by Crippen LogP contribution is -2.44. The zero-order valence-electron chi connectivity index (χ0n) is 12.6. The number of halogens is 1. The molecule has 0 radical (unpaired) electrons. The Kier molecular flexibility index (Phi) is 2.98. The minimum absolute atomic E-state index is 0.000922. The maximum Gasteiger partial charge on any atom is 0.216 e. The molecule has 4 rings (SSSR count). The van der Waals surface area contributed by atoms with Crippen molar-refractivity contribution in [2.75, 3.05) is 7.11 Å². The van der Waals surface area contributed by atoms with Crippen LogP contribution < -0.4 is 4.74 Å². The number of hydrogen-bond donors (Lipinski definition) is 1. The molecule has 23 heavy (non-hydrogen) atoms. The third-order valence-corrected chi connectivity index (χ3v) is 5.02. The molecule has 1 fully saturated rings. The monoisotopic (exact) mass is 317 g/mol. The second-order valence-corrected chi connectivity index (χ2v) is 6.24. The van der Waals surface area contributed by atoms with Gasteiger partial charge in [-0.15, -0.1) is 0 Å². The second kappa shape index (κ2) is 4.81. The van der Waals surface area contributed by atoms with Crippen molar-refractivity contribution in [3.8, 4) is 11.5 Å². The number of aromatic hydroxyl groups is 1. The van der Waals surface area contributed by atoms with Crippen LogP contribution in [-0.4, -0.2) is 30.5 Å². The molecular weight excluding hydrogens is 301 g/mol. The highest BCUT2D eigenvalue weighted by Crippen LogP contribution is 2.60. The van der Waals surface area contributed by atoms with Crippen LogP contribution in [0, 0.1) is 5.92 Å². The summed E-state index contributed by atoms with van der Waals surface area (Å²) < 4.78 is 26.3. The Balaban J connectivity index is 2.01. The molecule has 0 amide bonds. The summed E-state index contributed by atoms with van der Waals surface area (Å²) in [6, 6.07) is 2.96. The Morgan fingerprint density at radius 3 is 3.04 bits per heavy atom. The third-order valence-electron chi connectivity index (χ3n) is 5.02. The maximum absolute atomic E-state index is 15.2. The summed E-state index contributed by atoms with van der Waals surface area (Å²) in [5, 5.41) is 9.91. The zero-order valence-corrected chi connectivity index (χ0v) is 12.6. The normalized spacial score (nSPS) is 31.0. The molecule has 2 aliphatic heterocycles. The van der Waals surface area contributed by atoms with Crippen molar-refractivity contribution in [3.05, 3.63) is 29.6 Å². The van der Waals surface area contributed by atoms with Crippen molar-refractivity contribution in [1.29, 1.82) is 0 Å². The summed E-state index contributed by atoms with van der Waals surface area (Å²) in [7, 11) is 1.42. The lowest BCUT2D eigenvalue weighted by molar-refractivity contribution is -0.113. The predicted molar refractivity (Wildman–Crippen MR) is 80.9 cm³/mol. The van der Waals surface area contributed by atoms with Crippen LogP contribution in [0.5, 0.6) is 11.5 Å². The minimum Gasteiger partial charge on any atom is -0.508 e. The minimum atomic E-state index is -1.04. The van der Waals surface area contributed by atoms with E-state index in [-0.39, 0.29) is 17.6 Å². The first-order valence-electron chi connectivity index (χ1n) is 7.58. The summed E-state index contributed by atoms with van der Waals surface area (Å²) in [4.78, 5) is 15.6. The van der Waals surface area contributed by atoms with Gasteiger partial charge in [-0.1, -0.05) is 0 Å². The molecule has 3 aliphatic rings. The summed E-state index contributed by atoms with van der Waals surface area (Å²) in [6.07, 6.45) is 3.31. The van der Waals surface area contributed by atoms with Gasteiger partial charge in [-0.25, -0.2) is 9.38 Å². The lowest BCUT2D eigenvalue weighted by Gasteiger charge is -2.39. The van der Waals surface area contributed by atoms with Gasteiger partial charge in [0, 0.05) is 29.7 Å². The van der Waals surface area contributed by atoms with E-state index in [1.54, 1.807) is 0 Å². The van der Waals surface area contributed by atoms with Crippen LogP contribution in [0.15, 0.2) is 29.0 Å². The topological polar surface area (TPSA) is 68.1 Å². The molecule has 0 aromatic heterocycles. The first kappa shape index (κ1) is 14.2. The molecule has 1 aromatic rings. The number of hydrogen-bond acceptors (Lipinski definition) is 5. The molecule has 3 atom stereocenters. The van der Waals surface area contributed by atoms with Gasteiger partial charge in [0.25, 0.3) is 0 Å². The number of carbonyl (C=O) groups excluding carboxylic acids is 1. The number of aliphatic imine (C=N–C) groups is 1. The standard InChI is InChI=1S/C17H16FNO4/c1-22-15-6-13(18)17-7-9(8-20)2-3-14(17)23-12-5-10(21)4-11(19-15)16(12)17/h4-6,8-9,14,21H,2-3,7H2,1H3. The Hall–Kier alpha value is -2.37. The smallest absolute Gasteiger partial charge is 0.216 e. The molecule has 1 aromatic carbocycles. The van der Waals surface area contributed by atoms with E-state index in [1.807, 2.05) is 0 Å². The lowest BCUT2D eigenvalue weighted by atomic mass is 9.64. The van der Waals surface area contributed by atoms with Crippen LogP contribution in [-0.2, 0) is 14.9 Å². The number of nitrogens with zero attached hydrogens (tertiary/aromatic N) is 1. The molecular formula is C17H16FNO4. The van der Waals surface area contributed by atoms with E-state index in [0.29, 0.717) is 36.3 Å². The van der Waals surface area contributed by atoms with Gasteiger partial charge in [-0.2, -0.15) is 0 Å². The summed E-state index contributed by atoms with van der Waals surface area (Å²) in [5.74, 6) is -0.0724. The van der Waals surface area contributed by atoms with E-state index in [1.165, 1.54) is 25.3 Å². The summed E-state index contributed by atoms with van der Waals surface area (Å²) in [6.45, 7) is 0. The quantitative estimate of drug-likeness (QED) is 0.809. The molecule has 0 saturated heterocycles. The van der Waals surface area contributed by atoms with Crippen molar-refractivity contribution < 1.29 is 23.8 Å². The fraction of sp³-hybridized carbons (Fsp3) is 0.412. The van der Waals surface area contributed by atoms with Crippen LogP contribution in [0.2, 0.25) is 0 Å². The van der Waals surface area contributed by atoms with Gasteiger partial charge in [-0.05, 0) is 19.3 Å². The van der Waals surface area contributed by atoms with Crippen molar-refractivity contribution >= 4 is 17.9 Å². The SMILES string of the molecule is COC1=Nc2cc(O)cc3c2C2(CC(C=O)CCC2O3)C(F)=C1. The van der Waals surface area contributed by atoms with E-state index < -0.39 is 17.3 Å². The van der Waals surface area contributed by atoms with E-state index >= 15 is 4.39 Å².